The van der Waals surface area contributed by atoms with Gasteiger partial charge in [0, 0.05) is 43.3 Å². The molecule has 1 aromatic carbocycles. The molecule has 0 aliphatic carbocycles. The Morgan fingerprint density at radius 1 is 1.27 bits per heavy atom. The third-order valence-electron chi connectivity index (χ3n) is 4.87. The number of rotatable bonds is 5. The molecule has 1 aliphatic rings. The summed E-state index contributed by atoms with van der Waals surface area (Å²) >= 11 is 0. The first kappa shape index (κ1) is 18.6. The van der Waals surface area contributed by atoms with E-state index < -0.39 is 0 Å². The number of carbonyl (C=O) groups excluding carboxylic acids is 1. The molecule has 6 nitrogen and oxygen atoms in total. The predicted octanol–water partition coefficient (Wildman–Crippen LogP) is 2.64. The van der Waals surface area contributed by atoms with Crippen LogP contribution in [0.25, 0.3) is 0 Å². The number of aryl methyl sites for hydroxylation is 1. The van der Waals surface area contributed by atoms with E-state index in [-0.39, 0.29) is 23.3 Å². The summed E-state index contributed by atoms with van der Waals surface area (Å²) in [6, 6.07) is 10.2. The molecule has 2 atom stereocenters. The van der Waals surface area contributed by atoms with Gasteiger partial charge in [-0.3, -0.25) is 4.79 Å². The molecule has 6 heteroatoms. The molecule has 2 heterocycles. The molecular formula is C20H28N4O2. The second kappa shape index (κ2) is 7.58. The number of likely N-dealkylation sites (tertiary alicyclic amines) is 1. The van der Waals surface area contributed by atoms with Crippen LogP contribution in [0.2, 0.25) is 0 Å². The Kier molecular flexibility index (Phi) is 5.41. The Bertz CT molecular complexity index is 736. The summed E-state index contributed by atoms with van der Waals surface area (Å²) in [5, 5.41) is 4.02. The first-order valence-electron chi connectivity index (χ1n) is 9.26. The van der Waals surface area contributed by atoms with Crippen LogP contribution < -0.4 is 5.73 Å². The van der Waals surface area contributed by atoms with E-state index in [4.69, 9.17) is 10.3 Å². The van der Waals surface area contributed by atoms with Crippen LogP contribution in [0.15, 0.2) is 34.9 Å². The molecule has 3 rings (SSSR count). The first-order chi connectivity index (χ1) is 12.3. The molecule has 0 radical (unpaired) electrons. The lowest BCUT2D eigenvalue weighted by atomic mass is 9.95. The standard InChI is InChI=1S/C20H28N4O2/c1-20(2,3)19-22-17(26-23-19)10-7-11-18(25)24-12-15(16(21)13-24)14-8-5-4-6-9-14/h4-6,8-9,15-16H,7,10-13,21H2,1-3H3/t15-,16+/m0/s1. The van der Waals surface area contributed by atoms with E-state index in [1.165, 1.54) is 5.56 Å². The van der Waals surface area contributed by atoms with Crippen LogP contribution in [0.4, 0.5) is 0 Å². The van der Waals surface area contributed by atoms with Crippen LogP contribution in [0.1, 0.15) is 56.8 Å². The Labute approximate surface area is 154 Å². The zero-order valence-corrected chi connectivity index (χ0v) is 15.8. The molecule has 26 heavy (non-hydrogen) atoms. The van der Waals surface area contributed by atoms with E-state index in [1.807, 2.05) is 43.9 Å². The fraction of sp³-hybridized carbons (Fsp3) is 0.550. The zero-order valence-electron chi connectivity index (χ0n) is 15.8. The number of nitrogens with zero attached hydrogens (tertiary/aromatic N) is 3. The summed E-state index contributed by atoms with van der Waals surface area (Å²) in [7, 11) is 0. The highest BCUT2D eigenvalue weighted by atomic mass is 16.5. The van der Waals surface area contributed by atoms with Gasteiger partial charge in [0.25, 0.3) is 0 Å². The molecule has 1 saturated heterocycles. The summed E-state index contributed by atoms with van der Waals surface area (Å²) in [5.74, 6) is 1.66. The Morgan fingerprint density at radius 3 is 2.65 bits per heavy atom. The minimum Gasteiger partial charge on any atom is -0.340 e. The SMILES string of the molecule is CC(C)(C)c1noc(CCCC(=O)N2C[C@@H](N)[C@H](c3ccccc3)C2)n1. The van der Waals surface area contributed by atoms with Crippen molar-refractivity contribution in [2.45, 2.75) is 57.4 Å². The number of carbonyl (C=O) groups is 1. The van der Waals surface area contributed by atoms with E-state index in [2.05, 4.69) is 22.3 Å². The second-order valence-electron chi connectivity index (χ2n) is 8.10. The van der Waals surface area contributed by atoms with Crippen LogP contribution in [-0.2, 0) is 16.6 Å². The van der Waals surface area contributed by atoms with Gasteiger partial charge in [0.05, 0.1) is 0 Å². The molecule has 0 saturated carbocycles. The average Bonchev–Trinajstić information content (AvgIpc) is 3.22. The van der Waals surface area contributed by atoms with E-state index >= 15 is 0 Å². The number of nitrogens with two attached hydrogens (primary N) is 1. The van der Waals surface area contributed by atoms with Gasteiger partial charge in [0.1, 0.15) is 0 Å². The number of aromatic nitrogens is 2. The van der Waals surface area contributed by atoms with Crippen LogP contribution >= 0.6 is 0 Å². The molecule has 1 aromatic heterocycles. The third kappa shape index (κ3) is 4.30. The highest BCUT2D eigenvalue weighted by Crippen LogP contribution is 2.27. The van der Waals surface area contributed by atoms with Crippen LogP contribution in [-0.4, -0.2) is 40.1 Å². The topological polar surface area (TPSA) is 85.2 Å². The molecule has 1 amide bonds. The van der Waals surface area contributed by atoms with Crippen molar-refractivity contribution in [1.82, 2.24) is 15.0 Å². The zero-order chi connectivity index (χ0) is 18.7. The molecule has 2 aromatic rings. The Morgan fingerprint density at radius 2 is 2.00 bits per heavy atom. The summed E-state index contributed by atoms with van der Waals surface area (Å²) in [6.07, 6.45) is 1.80. The van der Waals surface area contributed by atoms with Crippen molar-refractivity contribution in [2.75, 3.05) is 13.1 Å². The van der Waals surface area contributed by atoms with Crippen molar-refractivity contribution >= 4 is 5.91 Å². The van der Waals surface area contributed by atoms with Crippen LogP contribution in [0.5, 0.6) is 0 Å². The van der Waals surface area contributed by atoms with Gasteiger partial charge in [-0.2, -0.15) is 4.98 Å². The summed E-state index contributed by atoms with van der Waals surface area (Å²) < 4.78 is 5.28. The molecule has 1 aliphatic heterocycles. The van der Waals surface area contributed by atoms with Gasteiger partial charge in [-0.15, -0.1) is 0 Å². The predicted molar refractivity (Wildman–Crippen MR) is 99.7 cm³/mol. The number of hydrogen-bond acceptors (Lipinski definition) is 5. The van der Waals surface area contributed by atoms with Crippen molar-refractivity contribution in [1.29, 1.82) is 0 Å². The summed E-state index contributed by atoms with van der Waals surface area (Å²) in [5.41, 5.74) is 7.35. The van der Waals surface area contributed by atoms with Gasteiger partial charge >= 0.3 is 0 Å². The monoisotopic (exact) mass is 356 g/mol. The Hall–Kier alpha value is -2.21. The lowest BCUT2D eigenvalue weighted by Crippen LogP contribution is -2.32. The van der Waals surface area contributed by atoms with Gasteiger partial charge in [0.2, 0.25) is 11.8 Å². The van der Waals surface area contributed by atoms with E-state index in [0.717, 1.165) is 0 Å². The van der Waals surface area contributed by atoms with Gasteiger partial charge in [-0.1, -0.05) is 56.3 Å². The highest BCUT2D eigenvalue weighted by molar-refractivity contribution is 5.76. The fourth-order valence-corrected chi connectivity index (χ4v) is 3.30. The van der Waals surface area contributed by atoms with Gasteiger partial charge < -0.3 is 15.2 Å². The molecule has 0 spiro atoms. The lowest BCUT2D eigenvalue weighted by molar-refractivity contribution is -0.130. The largest absolute Gasteiger partial charge is 0.340 e. The van der Waals surface area contributed by atoms with Crippen molar-refractivity contribution in [3.05, 3.63) is 47.6 Å². The number of hydrogen-bond donors (Lipinski definition) is 1. The minimum absolute atomic E-state index is 0.00775. The van der Waals surface area contributed by atoms with Crippen molar-refractivity contribution in [3.8, 4) is 0 Å². The molecular weight excluding hydrogens is 328 g/mol. The molecule has 0 bridgehead atoms. The van der Waals surface area contributed by atoms with Crippen molar-refractivity contribution < 1.29 is 9.32 Å². The molecule has 0 unspecified atom stereocenters. The third-order valence-corrected chi connectivity index (χ3v) is 4.87. The lowest BCUT2D eigenvalue weighted by Gasteiger charge is -2.16. The quantitative estimate of drug-likeness (QED) is 0.890. The van der Waals surface area contributed by atoms with E-state index in [9.17, 15) is 4.79 Å². The fourth-order valence-electron chi connectivity index (χ4n) is 3.30. The van der Waals surface area contributed by atoms with Crippen molar-refractivity contribution in [3.63, 3.8) is 0 Å². The summed E-state index contributed by atoms with van der Waals surface area (Å²) in [4.78, 5) is 18.8. The van der Waals surface area contributed by atoms with E-state index in [1.54, 1.807) is 0 Å². The smallest absolute Gasteiger partial charge is 0.226 e. The van der Waals surface area contributed by atoms with E-state index in [0.29, 0.717) is 44.1 Å². The molecule has 1 fully saturated rings. The summed E-state index contributed by atoms with van der Waals surface area (Å²) in [6.45, 7) is 7.45. The maximum absolute atomic E-state index is 12.5. The second-order valence-corrected chi connectivity index (χ2v) is 8.10. The van der Waals surface area contributed by atoms with Gasteiger partial charge in [-0.25, -0.2) is 0 Å². The first-order valence-corrected chi connectivity index (χ1v) is 9.26. The molecule has 140 valence electrons. The average molecular weight is 356 g/mol. The number of benzene rings is 1. The highest BCUT2D eigenvalue weighted by Gasteiger charge is 2.33. The minimum atomic E-state index is -0.129. The van der Waals surface area contributed by atoms with Crippen LogP contribution in [0.3, 0.4) is 0 Å². The number of amides is 1. The maximum Gasteiger partial charge on any atom is 0.226 e. The Balaban J connectivity index is 1.49. The molecule has 2 N–H and O–H groups in total. The van der Waals surface area contributed by atoms with Crippen molar-refractivity contribution in [2.24, 2.45) is 5.73 Å². The maximum atomic E-state index is 12.5. The van der Waals surface area contributed by atoms with Gasteiger partial charge in [0.15, 0.2) is 5.82 Å². The van der Waals surface area contributed by atoms with Gasteiger partial charge in [-0.05, 0) is 12.0 Å². The van der Waals surface area contributed by atoms with Crippen LogP contribution in [0, 0.1) is 0 Å². The normalized spacial score (nSPS) is 20.5.